The fourth-order valence-electron chi connectivity index (χ4n) is 3.47. The molecular weight excluding hydrogens is 350 g/mol. The lowest BCUT2D eigenvalue weighted by Crippen LogP contribution is -2.45. The van der Waals surface area contributed by atoms with Crippen molar-refractivity contribution in [2.75, 3.05) is 17.2 Å². The summed E-state index contributed by atoms with van der Waals surface area (Å²) in [6, 6.07) is 15.0. The molecule has 5 heteroatoms. The van der Waals surface area contributed by atoms with E-state index in [1.807, 2.05) is 43.3 Å². The van der Waals surface area contributed by atoms with Crippen molar-refractivity contribution in [3.63, 3.8) is 0 Å². The van der Waals surface area contributed by atoms with Crippen molar-refractivity contribution in [3.05, 3.63) is 59.7 Å². The summed E-state index contributed by atoms with van der Waals surface area (Å²) in [5.74, 6) is 0.369. The van der Waals surface area contributed by atoms with Crippen LogP contribution in [0.4, 0.5) is 16.2 Å². The third kappa shape index (κ3) is 4.71. The SMILES string of the molecule is CC[C@H](C)c1ccc(NC(=O)[C@@H]2CCCN2C(=O)Nc2ccc(C)cc2)cc1. The van der Waals surface area contributed by atoms with Crippen molar-refractivity contribution >= 4 is 23.3 Å². The first kappa shape index (κ1) is 19.9. The highest BCUT2D eigenvalue weighted by Gasteiger charge is 2.34. The predicted octanol–water partition coefficient (Wildman–Crippen LogP) is 5.14. The molecule has 3 rings (SSSR count). The molecule has 0 aliphatic carbocycles. The maximum atomic E-state index is 12.8. The monoisotopic (exact) mass is 379 g/mol. The first-order valence-corrected chi connectivity index (χ1v) is 10.0. The van der Waals surface area contributed by atoms with Gasteiger partial charge < -0.3 is 15.5 Å². The topological polar surface area (TPSA) is 61.4 Å². The number of aryl methyl sites for hydroxylation is 1. The van der Waals surface area contributed by atoms with Crippen LogP contribution < -0.4 is 10.6 Å². The van der Waals surface area contributed by atoms with E-state index in [1.54, 1.807) is 4.90 Å². The van der Waals surface area contributed by atoms with E-state index >= 15 is 0 Å². The fourth-order valence-corrected chi connectivity index (χ4v) is 3.47. The smallest absolute Gasteiger partial charge is 0.322 e. The zero-order valence-corrected chi connectivity index (χ0v) is 16.9. The highest BCUT2D eigenvalue weighted by molar-refractivity contribution is 5.99. The molecule has 28 heavy (non-hydrogen) atoms. The summed E-state index contributed by atoms with van der Waals surface area (Å²) >= 11 is 0. The van der Waals surface area contributed by atoms with Gasteiger partial charge in [0.25, 0.3) is 0 Å². The second-order valence-electron chi connectivity index (χ2n) is 7.57. The molecule has 2 N–H and O–H groups in total. The van der Waals surface area contributed by atoms with Gasteiger partial charge in [-0.05, 0) is 61.9 Å². The average Bonchev–Trinajstić information content (AvgIpc) is 3.20. The van der Waals surface area contributed by atoms with Crippen molar-refractivity contribution in [1.29, 1.82) is 0 Å². The molecule has 148 valence electrons. The highest BCUT2D eigenvalue weighted by atomic mass is 16.2. The Kier molecular flexibility index (Phi) is 6.34. The summed E-state index contributed by atoms with van der Waals surface area (Å²) in [5.41, 5.74) is 3.90. The van der Waals surface area contributed by atoms with E-state index in [-0.39, 0.29) is 11.9 Å². The van der Waals surface area contributed by atoms with E-state index in [9.17, 15) is 9.59 Å². The van der Waals surface area contributed by atoms with Crippen LogP contribution in [0.25, 0.3) is 0 Å². The van der Waals surface area contributed by atoms with Crippen LogP contribution >= 0.6 is 0 Å². The van der Waals surface area contributed by atoms with Gasteiger partial charge in [0.15, 0.2) is 0 Å². The Morgan fingerprint density at radius 1 is 1.04 bits per heavy atom. The number of anilines is 2. The molecule has 0 spiro atoms. The van der Waals surface area contributed by atoms with E-state index in [4.69, 9.17) is 0 Å². The molecule has 1 aliphatic heterocycles. The molecule has 1 heterocycles. The van der Waals surface area contributed by atoms with Crippen LogP contribution in [0.5, 0.6) is 0 Å². The van der Waals surface area contributed by atoms with Crippen LogP contribution in [-0.4, -0.2) is 29.4 Å². The minimum Gasteiger partial charge on any atom is -0.324 e. The van der Waals surface area contributed by atoms with E-state index in [0.717, 1.165) is 29.8 Å². The number of likely N-dealkylation sites (tertiary alicyclic amines) is 1. The van der Waals surface area contributed by atoms with Gasteiger partial charge >= 0.3 is 6.03 Å². The summed E-state index contributed by atoms with van der Waals surface area (Å²) < 4.78 is 0. The maximum absolute atomic E-state index is 12.8. The molecule has 2 aromatic carbocycles. The summed E-state index contributed by atoms with van der Waals surface area (Å²) in [6.45, 7) is 6.94. The molecule has 0 unspecified atom stereocenters. The molecular formula is C23H29N3O2. The van der Waals surface area contributed by atoms with Crippen LogP contribution in [0.1, 0.15) is 50.2 Å². The Balaban J connectivity index is 1.62. The highest BCUT2D eigenvalue weighted by Crippen LogP contribution is 2.23. The zero-order chi connectivity index (χ0) is 20.1. The number of rotatable bonds is 5. The number of carbonyl (C=O) groups excluding carboxylic acids is 2. The zero-order valence-electron chi connectivity index (χ0n) is 16.9. The van der Waals surface area contributed by atoms with Gasteiger partial charge in [-0.15, -0.1) is 0 Å². The Morgan fingerprint density at radius 3 is 2.29 bits per heavy atom. The van der Waals surface area contributed by atoms with Gasteiger partial charge in [-0.1, -0.05) is 43.7 Å². The Labute approximate surface area is 167 Å². The number of benzene rings is 2. The van der Waals surface area contributed by atoms with Gasteiger partial charge in [-0.2, -0.15) is 0 Å². The molecule has 3 amide bonds. The molecule has 0 aromatic heterocycles. The van der Waals surface area contributed by atoms with Crippen LogP contribution in [0.15, 0.2) is 48.5 Å². The maximum Gasteiger partial charge on any atom is 0.322 e. The van der Waals surface area contributed by atoms with Gasteiger partial charge in [-0.3, -0.25) is 4.79 Å². The molecule has 0 saturated carbocycles. The number of amides is 3. The van der Waals surface area contributed by atoms with Crippen molar-refractivity contribution in [3.8, 4) is 0 Å². The fraction of sp³-hybridized carbons (Fsp3) is 0.391. The molecule has 0 radical (unpaired) electrons. The number of carbonyl (C=O) groups is 2. The van der Waals surface area contributed by atoms with Gasteiger partial charge in [0.05, 0.1) is 0 Å². The third-order valence-electron chi connectivity index (χ3n) is 5.48. The van der Waals surface area contributed by atoms with Crippen molar-refractivity contribution < 1.29 is 9.59 Å². The summed E-state index contributed by atoms with van der Waals surface area (Å²) in [7, 11) is 0. The summed E-state index contributed by atoms with van der Waals surface area (Å²) in [4.78, 5) is 27.1. The van der Waals surface area contributed by atoms with Gasteiger partial charge in [0.1, 0.15) is 6.04 Å². The van der Waals surface area contributed by atoms with Crippen molar-refractivity contribution in [1.82, 2.24) is 4.90 Å². The van der Waals surface area contributed by atoms with Gasteiger partial charge in [-0.25, -0.2) is 4.79 Å². The van der Waals surface area contributed by atoms with Gasteiger partial charge in [0.2, 0.25) is 5.91 Å². The van der Waals surface area contributed by atoms with Gasteiger partial charge in [0, 0.05) is 17.9 Å². The Morgan fingerprint density at radius 2 is 1.64 bits per heavy atom. The molecule has 1 saturated heterocycles. The molecule has 1 aliphatic rings. The number of urea groups is 1. The van der Waals surface area contributed by atoms with Crippen LogP contribution in [0, 0.1) is 6.92 Å². The predicted molar refractivity (Wildman–Crippen MR) is 114 cm³/mol. The first-order valence-electron chi connectivity index (χ1n) is 10.0. The molecule has 1 fully saturated rings. The molecule has 2 atom stereocenters. The molecule has 2 aromatic rings. The van der Waals surface area contributed by atoms with Crippen LogP contribution in [0.3, 0.4) is 0 Å². The van der Waals surface area contributed by atoms with Crippen LogP contribution in [-0.2, 0) is 4.79 Å². The minimum absolute atomic E-state index is 0.132. The number of nitrogens with one attached hydrogen (secondary N) is 2. The Hall–Kier alpha value is -2.82. The lowest BCUT2D eigenvalue weighted by Gasteiger charge is -2.24. The normalized spacial score (nSPS) is 17.2. The first-order chi connectivity index (χ1) is 13.5. The standard InChI is InChI=1S/C23H29N3O2/c1-4-17(3)18-9-13-19(14-10-18)24-22(27)21-6-5-15-26(21)23(28)25-20-11-7-16(2)8-12-20/h7-14,17,21H,4-6,15H2,1-3H3,(H,24,27)(H,25,28)/t17-,21-/m0/s1. The summed E-state index contributed by atoms with van der Waals surface area (Å²) in [6.07, 6.45) is 2.59. The second kappa shape index (κ2) is 8.91. The molecule has 5 nitrogen and oxygen atoms in total. The average molecular weight is 380 g/mol. The van der Waals surface area contributed by atoms with Crippen molar-refractivity contribution in [2.45, 2.75) is 52.0 Å². The number of nitrogens with zero attached hydrogens (tertiary/aromatic N) is 1. The largest absolute Gasteiger partial charge is 0.324 e. The lowest BCUT2D eigenvalue weighted by molar-refractivity contribution is -0.119. The lowest BCUT2D eigenvalue weighted by atomic mass is 9.98. The van der Waals surface area contributed by atoms with E-state index < -0.39 is 6.04 Å². The Bertz CT molecular complexity index is 815. The van der Waals surface area contributed by atoms with Crippen LogP contribution in [0.2, 0.25) is 0 Å². The quantitative estimate of drug-likeness (QED) is 0.755. The number of hydrogen-bond acceptors (Lipinski definition) is 2. The van der Waals surface area contributed by atoms with E-state index in [1.165, 1.54) is 5.56 Å². The molecule has 0 bridgehead atoms. The second-order valence-corrected chi connectivity index (χ2v) is 7.57. The number of hydrogen-bond donors (Lipinski definition) is 2. The van der Waals surface area contributed by atoms with E-state index in [0.29, 0.717) is 18.9 Å². The minimum atomic E-state index is -0.445. The van der Waals surface area contributed by atoms with E-state index in [2.05, 4.69) is 36.6 Å². The summed E-state index contributed by atoms with van der Waals surface area (Å²) in [5, 5.41) is 5.86. The third-order valence-corrected chi connectivity index (χ3v) is 5.48. The van der Waals surface area contributed by atoms with Crippen molar-refractivity contribution in [2.24, 2.45) is 0 Å².